The van der Waals surface area contributed by atoms with Crippen LogP contribution in [0.3, 0.4) is 0 Å². The highest BCUT2D eigenvalue weighted by molar-refractivity contribution is 4.77. The molecule has 0 heterocycles. The molecule has 0 rings (SSSR count). The average molecular weight is 213 g/mol. The predicted molar refractivity (Wildman–Crippen MR) is 70.3 cm³/mol. The highest BCUT2D eigenvalue weighted by Gasteiger charge is 2.23. The van der Waals surface area contributed by atoms with E-state index in [0.717, 1.165) is 0 Å². The van der Waals surface area contributed by atoms with E-state index in [4.69, 9.17) is 0 Å². The van der Waals surface area contributed by atoms with Crippen LogP contribution in [-0.2, 0) is 0 Å². The highest BCUT2D eigenvalue weighted by atomic mass is 15.1. The van der Waals surface area contributed by atoms with Crippen molar-refractivity contribution in [2.75, 3.05) is 20.1 Å². The lowest BCUT2D eigenvalue weighted by Crippen LogP contribution is -2.33. The summed E-state index contributed by atoms with van der Waals surface area (Å²) < 4.78 is 0. The Morgan fingerprint density at radius 1 is 0.933 bits per heavy atom. The molecule has 0 saturated heterocycles. The molecule has 1 heteroatoms. The van der Waals surface area contributed by atoms with Gasteiger partial charge in [-0.05, 0) is 31.8 Å². The molecule has 0 aromatic rings. The van der Waals surface area contributed by atoms with Crippen LogP contribution < -0.4 is 0 Å². The van der Waals surface area contributed by atoms with Crippen LogP contribution in [0.5, 0.6) is 0 Å². The summed E-state index contributed by atoms with van der Waals surface area (Å²) in [4.78, 5) is 2.46. The van der Waals surface area contributed by atoms with Crippen LogP contribution in [0, 0.1) is 5.41 Å². The van der Waals surface area contributed by atoms with E-state index in [0.29, 0.717) is 5.41 Å². The van der Waals surface area contributed by atoms with Gasteiger partial charge in [0.05, 0.1) is 0 Å². The van der Waals surface area contributed by atoms with E-state index in [2.05, 4.69) is 39.6 Å². The maximum atomic E-state index is 2.47. The number of hydrogen-bond donors (Lipinski definition) is 0. The van der Waals surface area contributed by atoms with Gasteiger partial charge in [0.15, 0.2) is 0 Å². The van der Waals surface area contributed by atoms with E-state index in [-0.39, 0.29) is 0 Å². The van der Waals surface area contributed by atoms with Gasteiger partial charge in [-0.15, -0.1) is 0 Å². The van der Waals surface area contributed by atoms with Gasteiger partial charge < -0.3 is 4.90 Å². The summed E-state index contributed by atoms with van der Waals surface area (Å²) in [6.45, 7) is 11.8. The lowest BCUT2D eigenvalue weighted by Gasteiger charge is -2.33. The van der Waals surface area contributed by atoms with E-state index in [1.54, 1.807) is 0 Å². The topological polar surface area (TPSA) is 3.24 Å². The van der Waals surface area contributed by atoms with E-state index < -0.39 is 0 Å². The zero-order chi connectivity index (χ0) is 11.7. The molecule has 0 radical (unpaired) electrons. The molecule has 1 unspecified atom stereocenters. The molecular formula is C14H31N. The van der Waals surface area contributed by atoms with Crippen molar-refractivity contribution in [3.05, 3.63) is 0 Å². The average Bonchev–Trinajstić information content (AvgIpc) is 2.18. The molecule has 0 amide bonds. The van der Waals surface area contributed by atoms with Crippen molar-refractivity contribution in [3.63, 3.8) is 0 Å². The molecule has 0 aromatic carbocycles. The third-order valence-corrected chi connectivity index (χ3v) is 3.43. The van der Waals surface area contributed by atoms with Crippen molar-refractivity contribution in [2.24, 2.45) is 5.41 Å². The number of nitrogens with zero attached hydrogens (tertiary/aromatic N) is 1. The molecule has 0 aliphatic carbocycles. The van der Waals surface area contributed by atoms with Crippen LogP contribution in [0.15, 0.2) is 0 Å². The number of hydrogen-bond acceptors (Lipinski definition) is 1. The second-order valence-electron chi connectivity index (χ2n) is 5.35. The molecule has 0 spiro atoms. The van der Waals surface area contributed by atoms with Gasteiger partial charge in [-0.3, -0.25) is 0 Å². The normalized spacial score (nSPS) is 15.6. The van der Waals surface area contributed by atoms with Crippen molar-refractivity contribution in [3.8, 4) is 0 Å². The van der Waals surface area contributed by atoms with Gasteiger partial charge >= 0.3 is 0 Å². The van der Waals surface area contributed by atoms with Gasteiger partial charge in [-0.2, -0.15) is 0 Å². The molecule has 0 bridgehead atoms. The van der Waals surface area contributed by atoms with Crippen LogP contribution in [-0.4, -0.2) is 25.0 Å². The maximum absolute atomic E-state index is 2.47. The minimum absolute atomic E-state index is 0.550. The van der Waals surface area contributed by atoms with Crippen LogP contribution >= 0.6 is 0 Å². The molecular weight excluding hydrogens is 182 g/mol. The van der Waals surface area contributed by atoms with Crippen LogP contribution in [0.4, 0.5) is 0 Å². The largest absolute Gasteiger partial charge is 0.306 e. The molecule has 15 heavy (non-hydrogen) atoms. The van der Waals surface area contributed by atoms with E-state index in [1.165, 1.54) is 51.6 Å². The summed E-state index contributed by atoms with van der Waals surface area (Å²) in [5.74, 6) is 0. The summed E-state index contributed by atoms with van der Waals surface area (Å²) in [5, 5.41) is 0. The van der Waals surface area contributed by atoms with Gasteiger partial charge in [-0.1, -0.05) is 53.4 Å². The minimum Gasteiger partial charge on any atom is -0.306 e. The lowest BCUT2D eigenvalue weighted by molar-refractivity contribution is 0.166. The van der Waals surface area contributed by atoms with E-state index in [1.807, 2.05) is 0 Å². The Hall–Kier alpha value is -0.0400. The Kier molecular flexibility index (Phi) is 8.13. The highest BCUT2D eigenvalue weighted by Crippen LogP contribution is 2.30. The van der Waals surface area contributed by atoms with E-state index >= 15 is 0 Å². The van der Waals surface area contributed by atoms with Crippen molar-refractivity contribution < 1.29 is 0 Å². The SMILES string of the molecule is CCCCCC(C)(CCC)CN(C)CC. The van der Waals surface area contributed by atoms with Crippen molar-refractivity contribution in [1.82, 2.24) is 4.90 Å². The fourth-order valence-electron chi connectivity index (χ4n) is 2.45. The fraction of sp³-hybridized carbons (Fsp3) is 1.00. The van der Waals surface area contributed by atoms with Gasteiger partial charge in [0.1, 0.15) is 0 Å². The fourth-order valence-corrected chi connectivity index (χ4v) is 2.45. The zero-order valence-electron chi connectivity index (χ0n) is 11.6. The van der Waals surface area contributed by atoms with Gasteiger partial charge in [0, 0.05) is 6.54 Å². The first-order chi connectivity index (χ1) is 7.08. The van der Waals surface area contributed by atoms with Crippen LogP contribution in [0.1, 0.15) is 66.2 Å². The predicted octanol–water partition coefficient (Wildman–Crippen LogP) is 4.32. The molecule has 0 fully saturated rings. The lowest BCUT2D eigenvalue weighted by atomic mass is 9.80. The Morgan fingerprint density at radius 3 is 2.07 bits per heavy atom. The quantitative estimate of drug-likeness (QED) is 0.515. The number of unbranched alkanes of at least 4 members (excludes halogenated alkanes) is 2. The molecule has 1 atom stereocenters. The Bertz CT molecular complexity index is 144. The summed E-state index contributed by atoms with van der Waals surface area (Å²) >= 11 is 0. The first-order valence-corrected chi connectivity index (χ1v) is 6.76. The summed E-state index contributed by atoms with van der Waals surface area (Å²) in [6.07, 6.45) is 8.24. The summed E-state index contributed by atoms with van der Waals surface area (Å²) in [6, 6.07) is 0. The Morgan fingerprint density at radius 2 is 1.60 bits per heavy atom. The zero-order valence-corrected chi connectivity index (χ0v) is 11.6. The molecule has 92 valence electrons. The number of rotatable bonds is 9. The molecule has 0 aliphatic rings. The van der Waals surface area contributed by atoms with Crippen molar-refractivity contribution >= 4 is 0 Å². The monoisotopic (exact) mass is 213 g/mol. The Labute approximate surface area is 97.2 Å². The smallest absolute Gasteiger partial charge is 0.00322 e. The molecule has 0 aliphatic heterocycles. The Balaban J connectivity index is 4.05. The second kappa shape index (κ2) is 8.15. The first-order valence-electron chi connectivity index (χ1n) is 6.76. The third kappa shape index (κ3) is 6.94. The minimum atomic E-state index is 0.550. The standard InChI is InChI=1S/C14H31N/c1-6-9-10-12-14(4,11-7-2)13-15(5)8-3/h6-13H2,1-5H3. The van der Waals surface area contributed by atoms with Crippen molar-refractivity contribution in [2.45, 2.75) is 66.2 Å². The van der Waals surface area contributed by atoms with E-state index in [9.17, 15) is 0 Å². The summed E-state index contributed by atoms with van der Waals surface area (Å²) in [5.41, 5.74) is 0.550. The van der Waals surface area contributed by atoms with Gasteiger partial charge in [0.25, 0.3) is 0 Å². The molecule has 1 nitrogen and oxygen atoms in total. The first kappa shape index (κ1) is 15.0. The van der Waals surface area contributed by atoms with Gasteiger partial charge in [0.2, 0.25) is 0 Å². The van der Waals surface area contributed by atoms with Gasteiger partial charge in [-0.25, -0.2) is 0 Å². The van der Waals surface area contributed by atoms with Crippen LogP contribution in [0.2, 0.25) is 0 Å². The molecule has 0 saturated carbocycles. The maximum Gasteiger partial charge on any atom is 0.00322 e. The second-order valence-corrected chi connectivity index (χ2v) is 5.35. The third-order valence-electron chi connectivity index (χ3n) is 3.43. The van der Waals surface area contributed by atoms with Crippen LogP contribution in [0.25, 0.3) is 0 Å². The molecule has 0 aromatic heterocycles. The van der Waals surface area contributed by atoms with Crippen molar-refractivity contribution in [1.29, 1.82) is 0 Å². The summed E-state index contributed by atoms with van der Waals surface area (Å²) in [7, 11) is 2.24. The molecule has 0 N–H and O–H groups in total.